The number of hydrogen-bond donors (Lipinski definition) is 1. The van der Waals surface area contributed by atoms with Crippen molar-refractivity contribution in [2.45, 2.75) is 6.92 Å². The standard InChI is InChI=1S/C27H21BrN2O4/c1-2-33-22-13-10-19(11-14-22)27(32)34-25-15-12-18-6-3-4-9-23(18)24(25)17-29-30-26(31)20-7-5-8-21(28)16-20/h3-17H,2H2,1H3,(H,30,31). The molecule has 4 aromatic carbocycles. The van der Waals surface area contributed by atoms with Crippen LogP contribution in [0.25, 0.3) is 10.8 Å². The van der Waals surface area contributed by atoms with Crippen LogP contribution in [0.5, 0.6) is 11.5 Å². The smallest absolute Gasteiger partial charge is 0.343 e. The van der Waals surface area contributed by atoms with Crippen molar-refractivity contribution in [3.8, 4) is 11.5 Å². The number of hydrogen-bond acceptors (Lipinski definition) is 5. The van der Waals surface area contributed by atoms with Gasteiger partial charge in [0.05, 0.1) is 18.4 Å². The molecule has 0 aliphatic carbocycles. The van der Waals surface area contributed by atoms with Gasteiger partial charge in [-0.1, -0.05) is 52.3 Å². The van der Waals surface area contributed by atoms with Gasteiger partial charge in [-0.3, -0.25) is 4.79 Å². The number of hydrazone groups is 1. The average Bonchev–Trinajstić information content (AvgIpc) is 2.85. The van der Waals surface area contributed by atoms with Crippen LogP contribution in [0, 0.1) is 0 Å². The molecule has 170 valence electrons. The van der Waals surface area contributed by atoms with E-state index in [2.05, 4.69) is 26.5 Å². The highest BCUT2D eigenvalue weighted by Gasteiger charge is 2.14. The van der Waals surface area contributed by atoms with E-state index >= 15 is 0 Å². The summed E-state index contributed by atoms with van der Waals surface area (Å²) in [5, 5.41) is 5.90. The third kappa shape index (κ3) is 5.50. The molecule has 0 unspecified atom stereocenters. The molecule has 0 bridgehead atoms. The lowest BCUT2D eigenvalue weighted by Crippen LogP contribution is -2.17. The lowest BCUT2D eigenvalue weighted by Gasteiger charge is -2.11. The molecule has 0 aliphatic rings. The highest BCUT2D eigenvalue weighted by molar-refractivity contribution is 9.10. The Morgan fingerprint density at radius 1 is 0.941 bits per heavy atom. The zero-order chi connectivity index (χ0) is 23.9. The Labute approximate surface area is 205 Å². The predicted octanol–water partition coefficient (Wildman–Crippen LogP) is 5.98. The minimum Gasteiger partial charge on any atom is -0.494 e. The highest BCUT2D eigenvalue weighted by Crippen LogP contribution is 2.27. The number of ether oxygens (including phenoxy) is 2. The molecular formula is C27H21BrN2O4. The molecule has 7 heteroatoms. The molecule has 4 rings (SSSR count). The predicted molar refractivity (Wildman–Crippen MR) is 136 cm³/mol. The Morgan fingerprint density at radius 3 is 2.50 bits per heavy atom. The Kier molecular flexibility index (Phi) is 7.34. The maximum absolute atomic E-state index is 12.8. The van der Waals surface area contributed by atoms with Crippen molar-refractivity contribution < 1.29 is 19.1 Å². The van der Waals surface area contributed by atoms with Gasteiger partial charge in [0.15, 0.2) is 0 Å². The van der Waals surface area contributed by atoms with E-state index in [1.165, 1.54) is 6.21 Å². The maximum atomic E-state index is 12.8. The van der Waals surface area contributed by atoms with Crippen LogP contribution >= 0.6 is 15.9 Å². The monoisotopic (exact) mass is 516 g/mol. The number of amides is 1. The van der Waals surface area contributed by atoms with E-state index in [1.807, 2.05) is 43.3 Å². The highest BCUT2D eigenvalue weighted by atomic mass is 79.9. The normalized spacial score (nSPS) is 10.9. The Balaban J connectivity index is 1.59. The van der Waals surface area contributed by atoms with E-state index in [0.717, 1.165) is 15.2 Å². The lowest BCUT2D eigenvalue weighted by molar-refractivity contribution is 0.0734. The molecule has 0 fully saturated rings. The molecule has 0 spiro atoms. The van der Waals surface area contributed by atoms with Crippen LogP contribution in [0.2, 0.25) is 0 Å². The molecule has 0 saturated heterocycles. The summed E-state index contributed by atoms with van der Waals surface area (Å²) < 4.78 is 11.9. The number of halogens is 1. The summed E-state index contributed by atoms with van der Waals surface area (Å²) >= 11 is 3.35. The number of carbonyl (C=O) groups is 2. The minimum atomic E-state index is -0.508. The second-order valence-corrected chi connectivity index (χ2v) is 8.17. The second kappa shape index (κ2) is 10.8. The van der Waals surface area contributed by atoms with Crippen LogP contribution in [-0.2, 0) is 0 Å². The minimum absolute atomic E-state index is 0.332. The zero-order valence-electron chi connectivity index (χ0n) is 18.3. The van der Waals surface area contributed by atoms with Gasteiger partial charge in [-0.25, -0.2) is 10.2 Å². The molecule has 0 aliphatic heterocycles. The summed E-state index contributed by atoms with van der Waals surface area (Å²) in [4.78, 5) is 25.2. The summed E-state index contributed by atoms with van der Waals surface area (Å²) in [5.41, 5.74) is 3.96. The van der Waals surface area contributed by atoms with Crippen LogP contribution in [0.15, 0.2) is 94.5 Å². The van der Waals surface area contributed by atoms with Crippen LogP contribution in [0.1, 0.15) is 33.2 Å². The summed E-state index contributed by atoms with van der Waals surface area (Å²) in [6.45, 7) is 2.44. The number of carbonyl (C=O) groups excluding carboxylic acids is 2. The summed E-state index contributed by atoms with van der Waals surface area (Å²) in [6, 6.07) is 25.0. The topological polar surface area (TPSA) is 77.0 Å². The maximum Gasteiger partial charge on any atom is 0.343 e. The Morgan fingerprint density at radius 2 is 1.74 bits per heavy atom. The molecule has 0 radical (unpaired) electrons. The third-order valence-corrected chi connectivity index (χ3v) is 5.47. The molecule has 0 aromatic heterocycles. The SMILES string of the molecule is CCOc1ccc(C(=O)Oc2ccc3ccccc3c2C=NNC(=O)c2cccc(Br)c2)cc1. The van der Waals surface area contributed by atoms with Gasteiger partial charge < -0.3 is 9.47 Å². The van der Waals surface area contributed by atoms with Crippen molar-refractivity contribution in [1.82, 2.24) is 5.43 Å². The van der Waals surface area contributed by atoms with Gasteiger partial charge in [-0.05, 0) is 66.2 Å². The van der Waals surface area contributed by atoms with E-state index in [1.54, 1.807) is 48.5 Å². The molecule has 34 heavy (non-hydrogen) atoms. The molecule has 0 heterocycles. The van der Waals surface area contributed by atoms with Gasteiger partial charge in [0.2, 0.25) is 0 Å². The van der Waals surface area contributed by atoms with E-state index in [9.17, 15) is 9.59 Å². The van der Waals surface area contributed by atoms with Gasteiger partial charge in [-0.15, -0.1) is 0 Å². The fourth-order valence-corrected chi connectivity index (χ4v) is 3.76. The van der Waals surface area contributed by atoms with Crippen molar-refractivity contribution in [3.05, 3.63) is 106 Å². The van der Waals surface area contributed by atoms with Gasteiger partial charge >= 0.3 is 5.97 Å². The van der Waals surface area contributed by atoms with Crippen LogP contribution in [0.4, 0.5) is 0 Å². The molecule has 1 amide bonds. The molecule has 1 N–H and O–H groups in total. The van der Waals surface area contributed by atoms with Crippen molar-refractivity contribution in [3.63, 3.8) is 0 Å². The Bertz CT molecular complexity index is 1370. The van der Waals surface area contributed by atoms with Crippen LogP contribution < -0.4 is 14.9 Å². The Hall–Kier alpha value is -3.97. The number of nitrogens with one attached hydrogen (secondary N) is 1. The van der Waals surface area contributed by atoms with E-state index < -0.39 is 5.97 Å². The second-order valence-electron chi connectivity index (χ2n) is 7.25. The van der Waals surface area contributed by atoms with Gasteiger partial charge in [0.1, 0.15) is 11.5 Å². The molecule has 0 saturated carbocycles. The molecule has 4 aromatic rings. The van der Waals surface area contributed by atoms with Gasteiger partial charge in [0.25, 0.3) is 5.91 Å². The fourth-order valence-electron chi connectivity index (χ4n) is 3.36. The molecular weight excluding hydrogens is 496 g/mol. The van der Waals surface area contributed by atoms with Crippen LogP contribution in [0.3, 0.4) is 0 Å². The summed E-state index contributed by atoms with van der Waals surface area (Å²) in [6.07, 6.45) is 1.49. The third-order valence-electron chi connectivity index (χ3n) is 4.98. The van der Waals surface area contributed by atoms with E-state index in [-0.39, 0.29) is 5.91 Å². The summed E-state index contributed by atoms with van der Waals surface area (Å²) in [7, 11) is 0. The summed E-state index contributed by atoms with van der Waals surface area (Å²) in [5.74, 6) is 0.147. The van der Waals surface area contributed by atoms with Gasteiger partial charge in [-0.2, -0.15) is 5.10 Å². The number of esters is 1. The van der Waals surface area contributed by atoms with Crippen LogP contribution in [-0.4, -0.2) is 24.7 Å². The van der Waals surface area contributed by atoms with Crippen molar-refractivity contribution >= 4 is 44.8 Å². The zero-order valence-corrected chi connectivity index (χ0v) is 19.9. The number of fused-ring (bicyclic) bond motifs is 1. The van der Waals surface area contributed by atoms with Crippen molar-refractivity contribution in [1.29, 1.82) is 0 Å². The van der Waals surface area contributed by atoms with E-state index in [4.69, 9.17) is 9.47 Å². The molecule has 6 nitrogen and oxygen atoms in total. The number of rotatable bonds is 7. The average molecular weight is 517 g/mol. The number of nitrogens with zero attached hydrogens (tertiary/aromatic N) is 1. The molecule has 0 atom stereocenters. The number of benzene rings is 4. The largest absolute Gasteiger partial charge is 0.494 e. The first-order valence-corrected chi connectivity index (χ1v) is 11.4. The first kappa shape index (κ1) is 23.2. The lowest BCUT2D eigenvalue weighted by atomic mass is 10.0. The van der Waals surface area contributed by atoms with Crippen molar-refractivity contribution in [2.75, 3.05) is 6.61 Å². The first-order valence-electron chi connectivity index (χ1n) is 10.6. The van der Waals surface area contributed by atoms with E-state index in [0.29, 0.717) is 34.8 Å². The van der Waals surface area contributed by atoms with Crippen molar-refractivity contribution in [2.24, 2.45) is 5.10 Å². The quantitative estimate of drug-likeness (QED) is 0.142. The van der Waals surface area contributed by atoms with Gasteiger partial charge in [0, 0.05) is 15.6 Å². The first-order chi connectivity index (χ1) is 16.5. The fraction of sp³-hybridized carbons (Fsp3) is 0.0741.